The minimum atomic E-state index is -0.584. The molecule has 0 bridgehead atoms. The van der Waals surface area contributed by atoms with Crippen LogP contribution in [0.15, 0.2) is 36.9 Å². The molecule has 0 fully saturated rings. The van der Waals surface area contributed by atoms with Gasteiger partial charge in [0.2, 0.25) is 0 Å². The molecule has 0 radical (unpaired) electrons. The van der Waals surface area contributed by atoms with E-state index in [-0.39, 0.29) is 5.78 Å². The molecule has 1 atom stereocenters. The Morgan fingerprint density at radius 1 is 1.67 bits per heavy atom. The molecule has 3 nitrogen and oxygen atoms in total. The van der Waals surface area contributed by atoms with Crippen LogP contribution in [0.3, 0.4) is 0 Å². The van der Waals surface area contributed by atoms with Crippen molar-refractivity contribution >= 4 is 11.5 Å². The van der Waals surface area contributed by atoms with Crippen LogP contribution in [0.4, 0.5) is 5.69 Å². The average molecular weight is 205 g/mol. The van der Waals surface area contributed by atoms with Crippen LogP contribution in [0.1, 0.15) is 23.7 Å². The van der Waals surface area contributed by atoms with Gasteiger partial charge < -0.3 is 10.4 Å². The molecule has 2 N–H and O–H groups in total. The first-order valence-corrected chi connectivity index (χ1v) is 4.88. The van der Waals surface area contributed by atoms with Crippen LogP contribution in [0, 0.1) is 0 Å². The van der Waals surface area contributed by atoms with Gasteiger partial charge in [-0.3, -0.25) is 4.79 Å². The number of benzene rings is 1. The Bertz CT molecular complexity index is 360. The maximum atomic E-state index is 11.3. The monoisotopic (exact) mass is 205 g/mol. The van der Waals surface area contributed by atoms with Crippen molar-refractivity contribution in [2.24, 2.45) is 0 Å². The van der Waals surface area contributed by atoms with E-state index < -0.39 is 6.23 Å². The Balaban J connectivity index is 2.83. The van der Waals surface area contributed by atoms with Crippen molar-refractivity contribution in [3.63, 3.8) is 0 Å². The number of carbonyl (C=O) groups excluding carboxylic acids is 1. The molecular formula is C12H15NO2. The van der Waals surface area contributed by atoms with E-state index >= 15 is 0 Å². The van der Waals surface area contributed by atoms with E-state index in [4.69, 9.17) is 0 Å². The number of nitrogens with one attached hydrogen (secondary N) is 1. The molecule has 0 aromatic heterocycles. The van der Waals surface area contributed by atoms with Crippen LogP contribution in [0.5, 0.6) is 0 Å². The highest BCUT2D eigenvalue weighted by Crippen LogP contribution is 2.12. The number of rotatable bonds is 5. The summed E-state index contributed by atoms with van der Waals surface area (Å²) >= 11 is 0. The van der Waals surface area contributed by atoms with Gasteiger partial charge >= 0.3 is 0 Å². The van der Waals surface area contributed by atoms with Gasteiger partial charge in [-0.15, -0.1) is 0 Å². The highest BCUT2D eigenvalue weighted by Gasteiger charge is 2.04. The quantitative estimate of drug-likeness (QED) is 0.440. The summed E-state index contributed by atoms with van der Waals surface area (Å²) in [6, 6.07) is 6.98. The Labute approximate surface area is 89.4 Å². The molecule has 1 rings (SSSR count). The SMILES string of the molecule is C=CC(=O)c1cccc(NC(O)CC)c1. The van der Waals surface area contributed by atoms with E-state index in [2.05, 4.69) is 11.9 Å². The number of ketones is 1. The van der Waals surface area contributed by atoms with Gasteiger partial charge in [0.05, 0.1) is 0 Å². The molecule has 1 aromatic rings. The molecule has 0 amide bonds. The lowest BCUT2D eigenvalue weighted by molar-refractivity contribution is 0.104. The van der Waals surface area contributed by atoms with Crippen LogP contribution in [-0.4, -0.2) is 17.1 Å². The number of hydrogen-bond acceptors (Lipinski definition) is 3. The molecule has 0 aliphatic rings. The minimum Gasteiger partial charge on any atom is -0.374 e. The molecule has 1 unspecified atom stereocenters. The lowest BCUT2D eigenvalue weighted by Crippen LogP contribution is -2.17. The number of aliphatic hydroxyl groups excluding tert-OH is 1. The Hall–Kier alpha value is -1.61. The zero-order valence-corrected chi connectivity index (χ0v) is 8.73. The van der Waals surface area contributed by atoms with Gasteiger partial charge in [-0.2, -0.15) is 0 Å². The third kappa shape index (κ3) is 3.22. The van der Waals surface area contributed by atoms with Gasteiger partial charge in [-0.25, -0.2) is 0 Å². The van der Waals surface area contributed by atoms with E-state index in [0.29, 0.717) is 12.0 Å². The zero-order chi connectivity index (χ0) is 11.3. The molecule has 15 heavy (non-hydrogen) atoms. The molecule has 0 saturated heterocycles. The van der Waals surface area contributed by atoms with Crippen molar-refractivity contribution in [3.05, 3.63) is 42.5 Å². The normalized spacial score (nSPS) is 11.9. The van der Waals surface area contributed by atoms with Crippen LogP contribution < -0.4 is 5.32 Å². The first-order valence-electron chi connectivity index (χ1n) is 4.88. The second-order valence-corrected chi connectivity index (χ2v) is 3.22. The number of hydrogen-bond donors (Lipinski definition) is 2. The lowest BCUT2D eigenvalue weighted by atomic mass is 10.1. The number of allylic oxidation sites excluding steroid dienone is 1. The van der Waals surface area contributed by atoms with Crippen molar-refractivity contribution in [3.8, 4) is 0 Å². The van der Waals surface area contributed by atoms with Crippen molar-refractivity contribution in [2.45, 2.75) is 19.6 Å². The first kappa shape index (κ1) is 11.5. The van der Waals surface area contributed by atoms with Gasteiger partial charge in [-0.05, 0) is 24.6 Å². The van der Waals surface area contributed by atoms with Gasteiger partial charge in [-0.1, -0.05) is 25.6 Å². The van der Waals surface area contributed by atoms with Crippen molar-refractivity contribution in [2.75, 3.05) is 5.32 Å². The topological polar surface area (TPSA) is 49.3 Å². The van der Waals surface area contributed by atoms with Gasteiger partial charge in [0.1, 0.15) is 6.23 Å². The molecule has 3 heteroatoms. The third-order valence-corrected chi connectivity index (χ3v) is 2.05. The summed E-state index contributed by atoms with van der Waals surface area (Å²) in [4.78, 5) is 11.3. The summed E-state index contributed by atoms with van der Waals surface area (Å²) in [5.41, 5.74) is 1.30. The standard InChI is InChI=1S/C12H15NO2/c1-3-11(14)9-6-5-7-10(8-9)13-12(15)4-2/h3,5-8,12-13,15H,1,4H2,2H3. The molecule has 0 aliphatic heterocycles. The Morgan fingerprint density at radius 2 is 2.40 bits per heavy atom. The molecule has 80 valence electrons. The molecular weight excluding hydrogens is 190 g/mol. The summed E-state index contributed by atoms with van der Waals surface area (Å²) in [6.45, 7) is 5.30. The molecule has 0 heterocycles. The highest BCUT2D eigenvalue weighted by molar-refractivity contribution is 6.04. The van der Waals surface area contributed by atoms with Gasteiger partial charge in [0, 0.05) is 11.3 Å². The maximum Gasteiger partial charge on any atom is 0.185 e. The summed E-state index contributed by atoms with van der Waals surface area (Å²) in [5, 5.41) is 12.3. The number of aliphatic hydroxyl groups is 1. The third-order valence-electron chi connectivity index (χ3n) is 2.05. The van der Waals surface area contributed by atoms with Crippen LogP contribution >= 0.6 is 0 Å². The first-order chi connectivity index (χ1) is 7.17. The maximum absolute atomic E-state index is 11.3. The second-order valence-electron chi connectivity index (χ2n) is 3.22. The lowest BCUT2D eigenvalue weighted by Gasteiger charge is -2.12. The fourth-order valence-electron chi connectivity index (χ4n) is 1.17. The Kier molecular flexibility index (Phi) is 4.06. The molecule has 0 saturated carbocycles. The van der Waals surface area contributed by atoms with Crippen molar-refractivity contribution in [1.82, 2.24) is 0 Å². The molecule has 0 aliphatic carbocycles. The summed E-state index contributed by atoms with van der Waals surface area (Å²) in [6.07, 6.45) is 1.30. The number of anilines is 1. The predicted octanol–water partition coefficient (Wildman–Crippen LogP) is 2.20. The zero-order valence-electron chi connectivity index (χ0n) is 8.73. The predicted molar refractivity (Wildman–Crippen MR) is 60.9 cm³/mol. The summed E-state index contributed by atoms with van der Waals surface area (Å²) in [5.74, 6) is -0.121. The van der Waals surface area contributed by atoms with E-state index in [9.17, 15) is 9.90 Å². The van der Waals surface area contributed by atoms with E-state index in [1.54, 1.807) is 24.3 Å². The second kappa shape index (κ2) is 5.32. The number of carbonyl (C=O) groups is 1. The van der Waals surface area contributed by atoms with Gasteiger partial charge in [0.25, 0.3) is 0 Å². The van der Waals surface area contributed by atoms with Crippen LogP contribution in [-0.2, 0) is 0 Å². The van der Waals surface area contributed by atoms with E-state index in [0.717, 1.165) is 5.69 Å². The molecule has 0 spiro atoms. The summed E-state index contributed by atoms with van der Waals surface area (Å²) < 4.78 is 0. The van der Waals surface area contributed by atoms with Crippen molar-refractivity contribution < 1.29 is 9.90 Å². The van der Waals surface area contributed by atoms with Crippen molar-refractivity contribution in [1.29, 1.82) is 0 Å². The highest BCUT2D eigenvalue weighted by atomic mass is 16.3. The summed E-state index contributed by atoms with van der Waals surface area (Å²) in [7, 11) is 0. The smallest absolute Gasteiger partial charge is 0.185 e. The van der Waals surface area contributed by atoms with Crippen LogP contribution in [0.2, 0.25) is 0 Å². The average Bonchev–Trinajstić information content (AvgIpc) is 2.28. The largest absolute Gasteiger partial charge is 0.374 e. The fraction of sp³-hybridized carbons (Fsp3) is 0.250. The minimum absolute atomic E-state index is 0.121. The van der Waals surface area contributed by atoms with E-state index in [1.807, 2.05) is 6.92 Å². The molecule has 1 aromatic carbocycles. The Morgan fingerprint density at radius 3 is 3.00 bits per heavy atom. The van der Waals surface area contributed by atoms with Crippen LogP contribution in [0.25, 0.3) is 0 Å². The fourth-order valence-corrected chi connectivity index (χ4v) is 1.17. The van der Waals surface area contributed by atoms with E-state index in [1.165, 1.54) is 6.08 Å². The van der Waals surface area contributed by atoms with Gasteiger partial charge in [0.15, 0.2) is 5.78 Å².